The summed E-state index contributed by atoms with van der Waals surface area (Å²) in [6.07, 6.45) is 2.36. The molecule has 0 spiro atoms. The number of rotatable bonds is 2. The van der Waals surface area contributed by atoms with Crippen LogP contribution in [0.2, 0.25) is 0 Å². The van der Waals surface area contributed by atoms with Gasteiger partial charge in [0.2, 0.25) is 0 Å². The molecule has 0 atom stereocenters. The Kier molecular flexibility index (Phi) is 3.22. The lowest BCUT2D eigenvalue weighted by atomic mass is 9.98. The zero-order valence-corrected chi connectivity index (χ0v) is 10.0. The second kappa shape index (κ2) is 4.65. The Labute approximate surface area is 101 Å². The summed E-state index contributed by atoms with van der Waals surface area (Å²) in [7, 11) is 0. The Morgan fingerprint density at radius 1 is 1.41 bits per heavy atom. The van der Waals surface area contributed by atoms with Crippen LogP contribution in [0.4, 0.5) is 11.4 Å². The average Bonchev–Trinajstić information content (AvgIpc) is 2.29. The van der Waals surface area contributed by atoms with E-state index < -0.39 is 5.97 Å². The van der Waals surface area contributed by atoms with Gasteiger partial charge in [-0.2, -0.15) is 0 Å². The normalized spacial score (nSPS) is 17.1. The summed E-state index contributed by atoms with van der Waals surface area (Å²) in [5.74, 6) is -0.191. The molecule has 3 N–H and O–H groups in total. The van der Waals surface area contributed by atoms with Gasteiger partial charge in [-0.15, -0.1) is 0 Å². The van der Waals surface area contributed by atoms with E-state index in [4.69, 9.17) is 10.8 Å². The standard InChI is InChI=1S/C13H18N2O2/c1-9-4-6-15(7-5-9)10-2-3-11(13(16)17)12(14)8-10/h2-3,8-9H,4-7,14H2,1H3,(H,16,17). The highest BCUT2D eigenvalue weighted by molar-refractivity contribution is 5.94. The van der Waals surface area contributed by atoms with E-state index in [1.807, 2.05) is 6.07 Å². The molecule has 1 aliphatic heterocycles. The van der Waals surface area contributed by atoms with Crippen molar-refractivity contribution in [3.63, 3.8) is 0 Å². The number of aromatic carboxylic acids is 1. The lowest BCUT2D eigenvalue weighted by molar-refractivity contribution is 0.0698. The van der Waals surface area contributed by atoms with Crippen molar-refractivity contribution < 1.29 is 9.90 Å². The van der Waals surface area contributed by atoms with Gasteiger partial charge in [-0.25, -0.2) is 4.79 Å². The van der Waals surface area contributed by atoms with Crippen LogP contribution >= 0.6 is 0 Å². The maximum Gasteiger partial charge on any atom is 0.337 e. The first kappa shape index (κ1) is 11.8. The van der Waals surface area contributed by atoms with Crippen molar-refractivity contribution in [2.75, 3.05) is 23.7 Å². The average molecular weight is 234 g/mol. The van der Waals surface area contributed by atoms with Crippen LogP contribution in [0.15, 0.2) is 18.2 Å². The third kappa shape index (κ3) is 2.52. The molecule has 0 unspecified atom stereocenters. The Balaban J connectivity index is 2.17. The first-order valence-electron chi connectivity index (χ1n) is 5.95. The zero-order chi connectivity index (χ0) is 12.4. The summed E-state index contributed by atoms with van der Waals surface area (Å²) in [5, 5.41) is 8.91. The van der Waals surface area contributed by atoms with Crippen LogP contribution in [0.5, 0.6) is 0 Å². The van der Waals surface area contributed by atoms with E-state index in [0.29, 0.717) is 5.69 Å². The first-order chi connectivity index (χ1) is 8.08. The van der Waals surface area contributed by atoms with Crippen LogP contribution in [-0.2, 0) is 0 Å². The van der Waals surface area contributed by atoms with Crippen molar-refractivity contribution in [2.24, 2.45) is 5.92 Å². The van der Waals surface area contributed by atoms with E-state index in [1.54, 1.807) is 12.1 Å². The minimum Gasteiger partial charge on any atom is -0.478 e. The number of anilines is 2. The highest BCUT2D eigenvalue weighted by Gasteiger charge is 2.17. The number of piperidine rings is 1. The largest absolute Gasteiger partial charge is 0.478 e. The lowest BCUT2D eigenvalue weighted by Gasteiger charge is -2.32. The smallest absolute Gasteiger partial charge is 0.337 e. The van der Waals surface area contributed by atoms with Gasteiger partial charge in [0.05, 0.1) is 5.56 Å². The summed E-state index contributed by atoms with van der Waals surface area (Å²) in [4.78, 5) is 13.1. The maximum absolute atomic E-state index is 10.9. The fraction of sp³-hybridized carbons (Fsp3) is 0.462. The Hall–Kier alpha value is -1.71. The molecule has 92 valence electrons. The fourth-order valence-electron chi connectivity index (χ4n) is 2.21. The van der Waals surface area contributed by atoms with Gasteiger partial charge < -0.3 is 15.7 Å². The van der Waals surface area contributed by atoms with Crippen molar-refractivity contribution in [3.8, 4) is 0 Å². The summed E-state index contributed by atoms with van der Waals surface area (Å²) in [6.45, 7) is 4.30. The predicted octanol–water partition coefficient (Wildman–Crippen LogP) is 2.20. The summed E-state index contributed by atoms with van der Waals surface area (Å²) >= 11 is 0. The fourth-order valence-corrected chi connectivity index (χ4v) is 2.21. The molecule has 1 aliphatic rings. The molecule has 0 amide bonds. The molecular formula is C13H18N2O2. The van der Waals surface area contributed by atoms with Gasteiger partial charge >= 0.3 is 5.97 Å². The second-order valence-electron chi connectivity index (χ2n) is 4.75. The minimum atomic E-state index is -0.971. The van der Waals surface area contributed by atoms with E-state index in [-0.39, 0.29) is 5.56 Å². The Morgan fingerprint density at radius 3 is 2.59 bits per heavy atom. The number of carbonyl (C=O) groups is 1. The van der Waals surface area contributed by atoms with Gasteiger partial charge in [0.1, 0.15) is 0 Å². The number of nitrogens with zero attached hydrogens (tertiary/aromatic N) is 1. The van der Waals surface area contributed by atoms with Crippen molar-refractivity contribution in [1.29, 1.82) is 0 Å². The topological polar surface area (TPSA) is 66.6 Å². The SMILES string of the molecule is CC1CCN(c2ccc(C(=O)O)c(N)c2)CC1. The van der Waals surface area contributed by atoms with Crippen LogP contribution < -0.4 is 10.6 Å². The second-order valence-corrected chi connectivity index (χ2v) is 4.75. The van der Waals surface area contributed by atoms with Gasteiger partial charge in [0, 0.05) is 24.5 Å². The molecule has 0 aliphatic carbocycles. The van der Waals surface area contributed by atoms with E-state index in [1.165, 1.54) is 12.8 Å². The molecule has 1 saturated heterocycles. The van der Waals surface area contributed by atoms with E-state index >= 15 is 0 Å². The molecule has 1 aromatic carbocycles. The third-order valence-electron chi connectivity index (χ3n) is 3.41. The summed E-state index contributed by atoms with van der Waals surface area (Å²) < 4.78 is 0. The summed E-state index contributed by atoms with van der Waals surface area (Å²) in [6, 6.07) is 5.19. The number of hydrogen-bond donors (Lipinski definition) is 2. The number of hydrogen-bond acceptors (Lipinski definition) is 3. The predicted molar refractivity (Wildman–Crippen MR) is 68.4 cm³/mol. The molecule has 0 bridgehead atoms. The molecular weight excluding hydrogens is 216 g/mol. The molecule has 1 aromatic rings. The van der Waals surface area contributed by atoms with Crippen molar-refractivity contribution in [1.82, 2.24) is 0 Å². The van der Waals surface area contributed by atoms with Crippen LogP contribution in [0.3, 0.4) is 0 Å². The van der Waals surface area contributed by atoms with Crippen molar-refractivity contribution >= 4 is 17.3 Å². The van der Waals surface area contributed by atoms with Crippen LogP contribution in [0.25, 0.3) is 0 Å². The van der Waals surface area contributed by atoms with Crippen LogP contribution in [0.1, 0.15) is 30.1 Å². The summed E-state index contributed by atoms with van der Waals surface area (Å²) in [5.41, 5.74) is 7.30. The van der Waals surface area contributed by atoms with Gasteiger partial charge in [-0.3, -0.25) is 0 Å². The van der Waals surface area contributed by atoms with Gasteiger partial charge in [0.15, 0.2) is 0 Å². The van der Waals surface area contributed by atoms with E-state index in [0.717, 1.165) is 24.7 Å². The molecule has 1 heterocycles. The third-order valence-corrected chi connectivity index (χ3v) is 3.41. The minimum absolute atomic E-state index is 0.180. The zero-order valence-electron chi connectivity index (χ0n) is 10.0. The van der Waals surface area contributed by atoms with Gasteiger partial charge in [0.25, 0.3) is 0 Å². The quantitative estimate of drug-likeness (QED) is 0.770. The number of nitrogens with two attached hydrogens (primary N) is 1. The Bertz CT molecular complexity index is 423. The van der Waals surface area contributed by atoms with Gasteiger partial charge in [-0.1, -0.05) is 6.92 Å². The number of nitrogen functional groups attached to an aromatic ring is 1. The van der Waals surface area contributed by atoms with Crippen LogP contribution in [-0.4, -0.2) is 24.2 Å². The number of carboxylic acid groups (broad SMARTS) is 1. The molecule has 2 rings (SSSR count). The monoisotopic (exact) mass is 234 g/mol. The van der Waals surface area contributed by atoms with Gasteiger partial charge in [-0.05, 0) is 37.0 Å². The molecule has 0 saturated carbocycles. The molecule has 0 radical (unpaired) electrons. The number of carboxylic acids is 1. The number of benzene rings is 1. The molecule has 1 fully saturated rings. The van der Waals surface area contributed by atoms with Crippen molar-refractivity contribution in [3.05, 3.63) is 23.8 Å². The molecule has 17 heavy (non-hydrogen) atoms. The highest BCUT2D eigenvalue weighted by Crippen LogP contribution is 2.26. The van der Waals surface area contributed by atoms with E-state index in [9.17, 15) is 4.79 Å². The molecule has 4 heteroatoms. The Morgan fingerprint density at radius 2 is 2.06 bits per heavy atom. The maximum atomic E-state index is 10.9. The van der Waals surface area contributed by atoms with Crippen molar-refractivity contribution in [2.45, 2.75) is 19.8 Å². The van der Waals surface area contributed by atoms with Crippen LogP contribution in [0, 0.1) is 5.92 Å². The molecule has 0 aromatic heterocycles. The molecule has 4 nitrogen and oxygen atoms in total. The van der Waals surface area contributed by atoms with E-state index in [2.05, 4.69) is 11.8 Å². The first-order valence-corrected chi connectivity index (χ1v) is 5.95. The lowest BCUT2D eigenvalue weighted by Crippen LogP contribution is -2.32. The highest BCUT2D eigenvalue weighted by atomic mass is 16.4.